The lowest BCUT2D eigenvalue weighted by Crippen LogP contribution is -2.38. The van der Waals surface area contributed by atoms with Crippen molar-refractivity contribution in [3.8, 4) is 0 Å². The van der Waals surface area contributed by atoms with E-state index in [-0.39, 0.29) is 5.97 Å². The van der Waals surface area contributed by atoms with Gasteiger partial charge in [-0.1, -0.05) is 0 Å². The molecule has 0 aromatic heterocycles. The van der Waals surface area contributed by atoms with Gasteiger partial charge in [0.1, 0.15) is 0 Å². The fourth-order valence-corrected chi connectivity index (χ4v) is 1.20. The Morgan fingerprint density at radius 1 is 1.50 bits per heavy atom. The van der Waals surface area contributed by atoms with E-state index in [4.69, 9.17) is 4.74 Å². The number of esters is 1. The van der Waals surface area contributed by atoms with Gasteiger partial charge in [0.2, 0.25) is 0 Å². The molecule has 70 valence electrons. The maximum absolute atomic E-state index is 11.0. The monoisotopic (exact) mass is 171 g/mol. The van der Waals surface area contributed by atoms with E-state index >= 15 is 0 Å². The summed E-state index contributed by atoms with van der Waals surface area (Å²) in [6.07, 6.45) is 0. The van der Waals surface area contributed by atoms with Gasteiger partial charge in [-0.15, -0.1) is 13.1 Å². The molecule has 0 aliphatic carbocycles. The van der Waals surface area contributed by atoms with Gasteiger partial charge in [0.05, 0.1) is 13.2 Å². The van der Waals surface area contributed by atoms with Crippen LogP contribution in [0.1, 0.15) is 6.92 Å². The van der Waals surface area contributed by atoms with Gasteiger partial charge >= 0.3 is 5.97 Å². The molecule has 1 aliphatic rings. The maximum atomic E-state index is 11.0. The molecule has 4 nitrogen and oxygen atoms in total. The van der Waals surface area contributed by atoms with Crippen LogP contribution in [-0.2, 0) is 9.53 Å². The lowest BCUT2D eigenvalue weighted by molar-refractivity contribution is -0.144. The van der Waals surface area contributed by atoms with Crippen LogP contribution in [-0.4, -0.2) is 50.2 Å². The van der Waals surface area contributed by atoms with Crippen molar-refractivity contribution in [1.82, 2.24) is 4.90 Å². The van der Waals surface area contributed by atoms with E-state index in [1.807, 2.05) is 6.92 Å². The first kappa shape index (κ1) is 9.48. The van der Waals surface area contributed by atoms with Crippen LogP contribution in [0.25, 0.3) is 5.32 Å². The molecule has 0 atom stereocenters. The zero-order valence-corrected chi connectivity index (χ0v) is 7.45. The van der Waals surface area contributed by atoms with Crippen LogP contribution < -0.4 is 0 Å². The van der Waals surface area contributed by atoms with Gasteiger partial charge in [-0.25, -0.2) is 0 Å². The predicted molar refractivity (Wildman–Crippen MR) is 46.2 cm³/mol. The number of rotatable bonds is 3. The van der Waals surface area contributed by atoms with Crippen LogP contribution in [0.15, 0.2) is 0 Å². The van der Waals surface area contributed by atoms with Gasteiger partial charge in [-0.2, -0.15) is 0 Å². The van der Waals surface area contributed by atoms with E-state index in [0.29, 0.717) is 13.2 Å². The van der Waals surface area contributed by atoms with Crippen molar-refractivity contribution in [3.63, 3.8) is 0 Å². The lowest BCUT2D eigenvalue weighted by atomic mass is 10.3. The van der Waals surface area contributed by atoms with Crippen molar-refractivity contribution >= 4 is 5.97 Å². The molecule has 12 heavy (non-hydrogen) atoms. The van der Waals surface area contributed by atoms with Crippen LogP contribution in [0.4, 0.5) is 0 Å². The van der Waals surface area contributed by atoms with Crippen molar-refractivity contribution in [2.45, 2.75) is 6.92 Å². The summed E-state index contributed by atoms with van der Waals surface area (Å²) in [5, 5.41) is 4.19. The molecule has 0 aromatic rings. The quantitative estimate of drug-likeness (QED) is 0.571. The van der Waals surface area contributed by atoms with Gasteiger partial charge in [0, 0.05) is 0 Å². The highest BCUT2D eigenvalue weighted by atomic mass is 16.5. The molecule has 0 spiro atoms. The van der Waals surface area contributed by atoms with E-state index in [2.05, 4.69) is 10.2 Å². The summed E-state index contributed by atoms with van der Waals surface area (Å²) in [6.45, 7) is 6.18. The number of carbonyl (C=O) groups is 1. The molecule has 1 heterocycles. The normalized spacial score (nSPS) is 19.1. The molecule has 4 heteroatoms. The largest absolute Gasteiger partial charge is 0.660 e. The fourth-order valence-electron chi connectivity index (χ4n) is 1.20. The summed E-state index contributed by atoms with van der Waals surface area (Å²) in [5.41, 5.74) is 0. The Morgan fingerprint density at radius 2 is 2.17 bits per heavy atom. The minimum Gasteiger partial charge on any atom is -0.660 e. The number of carbonyl (C=O) groups excluding carboxylic acids is 1. The number of ether oxygens (including phenoxy) is 1. The minimum atomic E-state index is -0.126. The highest BCUT2D eigenvalue weighted by Crippen LogP contribution is 2.00. The fraction of sp³-hybridized carbons (Fsp3) is 0.875. The topological polar surface area (TPSA) is 43.6 Å². The standard InChI is InChI=1S/C8H15N2O2/c1-2-12-8(11)7-10-5-3-9-4-6-10/h2-7H2,1H3/q-1. The molecular formula is C8H15N2O2-. The van der Waals surface area contributed by atoms with E-state index in [1.54, 1.807) is 0 Å². The molecule has 0 radical (unpaired) electrons. The molecule has 0 amide bonds. The third-order valence-electron chi connectivity index (χ3n) is 1.81. The first-order valence-corrected chi connectivity index (χ1v) is 4.34. The zero-order chi connectivity index (χ0) is 8.81. The van der Waals surface area contributed by atoms with Crippen molar-refractivity contribution in [2.24, 2.45) is 0 Å². The Morgan fingerprint density at radius 3 is 2.75 bits per heavy atom. The predicted octanol–water partition coefficient (Wildman–Crippen LogP) is 0.239. The van der Waals surface area contributed by atoms with Crippen molar-refractivity contribution in [3.05, 3.63) is 5.32 Å². The molecule has 0 unspecified atom stereocenters. The summed E-state index contributed by atoms with van der Waals surface area (Å²) in [6, 6.07) is 0. The molecule has 1 fully saturated rings. The molecular weight excluding hydrogens is 156 g/mol. The van der Waals surface area contributed by atoms with Gasteiger partial charge in [-0.05, 0) is 20.0 Å². The Kier molecular flexibility index (Phi) is 4.04. The van der Waals surface area contributed by atoms with Gasteiger partial charge < -0.3 is 10.1 Å². The smallest absolute Gasteiger partial charge is 0.320 e. The van der Waals surface area contributed by atoms with Crippen LogP contribution in [0.2, 0.25) is 0 Å². The third-order valence-corrected chi connectivity index (χ3v) is 1.81. The molecule has 1 aliphatic heterocycles. The van der Waals surface area contributed by atoms with Gasteiger partial charge in [0.15, 0.2) is 0 Å². The number of hydrogen-bond donors (Lipinski definition) is 0. The third kappa shape index (κ3) is 3.19. The molecule has 0 N–H and O–H groups in total. The molecule has 0 saturated carbocycles. The molecule has 1 saturated heterocycles. The maximum Gasteiger partial charge on any atom is 0.320 e. The number of piperazine rings is 1. The van der Waals surface area contributed by atoms with Crippen LogP contribution in [0.5, 0.6) is 0 Å². The Balaban J connectivity index is 2.15. The van der Waals surface area contributed by atoms with Crippen LogP contribution in [0.3, 0.4) is 0 Å². The molecule has 0 bridgehead atoms. The lowest BCUT2D eigenvalue weighted by Gasteiger charge is -2.34. The van der Waals surface area contributed by atoms with Gasteiger partial charge in [-0.3, -0.25) is 9.69 Å². The van der Waals surface area contributed by atoms with Gasteiger partial charge in [0.25, 0.3) is 0 Å². The average molecular weight is 171 g/mol. The molecule has 0 aromatic carbocycles. The van der Waals surface area contributed by atoms with Crippen LogP contribution in [0, 0.1) is 0 Å². The summed E-state index contributed by atoms with van der Waals surface area (Å²) in [7, 11) is 0. The van der Waals surface area contributed by atoms with Crippen molar-refractivity contribution < 1.29 is 9.53 Å². The summed E-state index contributed by atoms with van der Waals surface area (Å²) in [5.74, 6) is -0.126. The summed E-state index contributed by atoms with van der Waals surface area (Å²) < 4.78 is 4.83. The second kappa shape index (κ2) is 5.11. The Labute approximate surface area is 72.9 Å². The summed E-state index contributed by atoms with van der Waals surface area (Å²) >= 11 is 0. The van der Waals surface area contributed by atoms with E-state index in [1.165, 1.54) is 0 Å². The Bertz CT molecular complexity index is 144. The zero-order valence-electron chi connectivity index (χ0n) is 7.45. The van der Waals surface area contributed by atoms with E-state index < -0.39 is 0 Å². The average Bonchev–Trinajstić information content (AvgIpc) is 2.06. The SMILES string of the molecule is CCOC(=O)CN1CC[N-]CC1. The first-order chi connectivity index (χ1) is 5.83. The first-order valence-electron chi connectivity index (χ1n) is 4.34. The van der Waals surface area contributed by atoms with Crippen molar-refractivity contribution in [1.29, 1.82) is 0 Å². The summed E-state index contributed by atoms with van der Waals surface area (Å²) in [4.78, 5) is 13.1. The van der Waals surface area contributed by atoms with E-state index in [9.17, 15) is 4.79 Å². The molecule has 1 rings (SSSR count). The minimum absolute atomic E-state index is 0.126. The number of hydrogen-bond acceptors (Lipinski definition) is 3. The number of nitrogens with zero attached hydrogens (tertiary/aromatic N) is 2. The van der Waals surface area contributed by atoms with Crippen LogP contribution >= 0.6 is 0 Å². The Hall–Kier alpha value is -0.610. The van der Waals surface area contributed by atoms with Crippen molar-refractivity contribution in [2.75, 3.05) is 39.3 Å². The second-order valence-corrected chi connectivity index (χ2v) is 2.75. The highest BCUT2D eigenvalue weighted by molar-refractivity contribution is 5.71. The van der Waals surface area contributed by atoms with E-state index in [0.717, 1.165) is 26.2 Å². The second-order valence-electron chi connectivity index (χ2n) is 2.75. The highest BCUT2D eigenvalue weighted by Gasteiger charge is 2.09.